The van der Waals surface area contributed by atoms with Gasteiger partial charge in [-0.05, 0) is 49.0 Å². The molecule has 0 saturated heterocycles. The maximum absolute atomic E-state index is 10.7. The van der Waals surface area contributed by atoms with E-state index in [1.165, 1.54) is 0 Å². The van der Waals surface area contributed by atoms with Crippen LogP contribution in [0.25, 0.3) is 17.1 Å². The third kappa shape index (κ3) is 2.87. The first-order valence-corrected chi connectivity index (χ1v) is 7.13. The van der Waals surface area contributed by atoms with Crippen molar-refractivity contribution >= 4 is 18.2 Å². The topological polar surface area (TPSA) is 71.2 Å². The molecule has 6 heteroatoms. The minimum atomic E-state index is -0.846. The first-order valence-electron chi connectivity index (χ1n) is 6.72. The Morgan fingerprint density at radius 2 is 2.00 bits per heavy atom. The molecule has 0 atom stereocenters. The Morgan fingerprint density at radius 3 is 2.59 bits per heavy atom. The summed E-state index contributed by atoms with van der Waals surface area (Å²) in [6.45, 7) is 1.89. The number of carbonyl (C=O) groups is 1. The Morgan fingerprint density at radius 1 is 1.27 bits per heavy atom. The van der Waals surface area contributed by atoms with Gasteiger partial charge in [0.1, 0.15) is 11.5 Å². The molecule has 0 fully saturated rings. The number of aromatic amines is 1. The first kappa shape index (κ1) is 14.3. The molecule has 3 rings (SSSR count). The summed E-state index contributed by atoms with van der Waals surface area (Å²) in [6, 6.07) is 11.0. The normalized spacial score (nSPS) is 10.8. The van der Waals surface area contributed by atoms with Crippen molar-refractivity contribution in [1.29, 1.82) is 0 Å². The molecule has 0 spiro atoms. The third-order valence-corrected chi connectivity index (χ3v) is 3.59. The standard InChI is InChI=1S/C16H14N2O3S/c1-10-2-7-14(21-10)13-9-18(16(22)17-13)12-5-3-11(4-6-12)8-15(19)20/h2-7,9H,8H2,1H3,(H,17,22)(H,19,20). The molecule has 0 radical (unpaired) electrons. The van der Waals surface area contributed by atoms with Crippen molar-refractivity contribution in [2.75, 3.05) is 0 Å². The van der Waals surface area contributed by atoms with Crippen LogP contribution in [0.3, 0.4) is 0 Å². The van der Waals surface area contributed by atoms with E-state index in [-0.39, 0.29) is 6.42 Å². The Labute approximate surface area is 131 Å². The van der Waals surface area contributed by atoms with Crippen LogP contribution in [0.4, 0.5) is 0 Å². The summed E-state index contributed by atoms with van der Waals surface area (Å²) in [5.41, 5.74) is 2.41. The monoisotopic (exact) mass is 314 g/mol. The number of aliphatic carboxylic acids is 1. The predicted octanol–water partition coefficient (Wildman–Crippen LogP) is 3.73. The molecule has 2 heterocycles. The maximum Gasteiger partial charge on any atom is 0.307 e. The molecular formula is C16H14N2O3S. The number of carboxylic acid groups (broad SMARTS) is 1. The lowest BCUT2D eigenvalue weighted by molar-refractivity contribution is -0.136. The highest BCUT2D eigenvalue weighted by molar-refractivity contribution is 7.71. The molecule has 0 amide bonds. The van der Waals surface area contributed by atoms with Crippen LogP contribution in [0.2, 0.25) is 0 Å². The summed E-state index contributed by atoms with van der Waals surface area (Å²) in [4.78, 5) is 13.8. The summed E-state index contributed by atoms with van der Waals surface area (Å²) in [5.74, 6) is 0.714. The number of aromatic nitrogens is 2. The van der Waals surface area contributed by atoms with Gasteiger partial charge in [-0.2, -0.15) is 0 Å². The Bertz CT molecular complexity index is 871. The maximum atomic E-state index is 10.7. The summed E-state index contributed by atoms with van der Waals surface area (Å²) >= 11 is 5.34. The molecule has 2 aromatic heterocycles. The molecule has 2 N–H and O–H groups in total. The second-order valence-electron chi connectivity index (χ2n) is 4.99. The zero-order valence-corrected chi connectivity index (χ0v) is 12.7. The van der Waals surface area contributed by atoms with Crippen LogP contribution in [0, 0.1) is 11.7 Å². The fourth-order valence-electron chi connectivity index (χ4n) is 2.24. The number of hydrogen-bond donors (Lipinski definition) is 2. The van der Waals surface area contributed by atoms with Crippen molar-refractivity contribution in [3.05, 3.63) is 58.7 Å². The minimum Gasteiger partial charge on any atom is -0.481 e. The van der Waals surface area contributed by atoms with E-state index in [4.69, 9.17) is 21.7 Å². The lowest BCUT2D eigenvalue weighted by atomic mass is 10.1. The molecule has 112 valence electrons. The van der Waals surface area contributed by atoms with Gasteiger partial charge >= 0.3 is 5.97 Å². The van der Waals surface area contributed by atoms with Crippen molar-refractivity contribution in [3.8, 4) is 17.1 Å². The van der Waals surface area contributed by atoms with Gasteiger partial charge in [0.15, 0.2) is 10.5 Å². The van der Waals surface area contributed by atoms with Gasteiger partial charge in [0, 0.05) is 11.9 Å². The molecule has 5 nitrogen and oxygen atoms in total. The van der Waals surface area contributed by atoms with Crippen LogP contribution in [0.5, 0.6) is 0 Å². The highest BCUT2D eigenvalue weighted by Gasteiger charge is 2.08. The number of imidazole rings is 1. The summed E-state index contributed by atoms with van der Waals surface area (Å²) in [7, 11) is 0. The van der Waals surface area contributed by atoms with Crippen molar-refractivity contribution in [2.45, 2.75) is 13.3 Å². The van der Waals surface area contributed by atoms with E-state index < -0.39 is 5.97 Å². The van der Waals surface area contributed by atoms with E-state index in [2.05, 4.69) is 4.98 Å². The highest BCUT2D eigenvalue weighted by Crippen LogP contribution is 2.22. The average molecular weight is 314 g/mol. The summed E-state index contributed by atoms with van der Waals surface area (Å²) in [5, 5.41) is 8.79. The minimum absolute atomic E-state index is 0.00966. The van der Waals surface area contributed by atoms with E-state index in [1.807, 2.05) is 42.0 Å². The molecule has 0 aliphatic carbocycles. The van der Waals surface area contributed by atoms with Gasteiger partial charge in [-0.15, -0.1) is 0 Å². The number of carboxylic acids is 1. The average Bonchev–Trinajstić information content (AvgIpc) is 3.05. The van der Waals surface area contributed by atoms with Gasteiger partial charge in [0.2, 0.25) is 0 Å². The lowest BCUT2D eigenvalue weighted by Gasteiger charge is -2.03. The van der Waals surface area contributed by atoms with Gasteiger partial charge in [0.05, 0.1) is 6.42 Å². The number of benzene rings is 1. The summed E-state index contributed by atoms with van der Waals surface area (Å²) < 4.78 is 7.96. The van der Waals surface area contributed by atoms with Crippen LogP contribution < -0.4 is 0 Å². The second kappa shape index (κ2) is 5.65. The molecule has 0 aliphatic heterocycles. The molecule has 0 bridgehead atoms. The van der Waals surface area contributed by atoms with E-state index in [0.29, 0.717) is 4.77 Å². The van der Waals surface area contributed by atoms with Crippen molar-refractivity contribution in [2.24, 2.45) is 0 Å². The number of H-pyrrole nitrogens is 1. The van der Waals surface area contributed by atoms with Crippen LogP contribution in [0.15, 0.2) is 47.0 Å². The van der Waals surface area contributed by atoms with Gasteiger partial charge < -0.3 is 14.5 Å². The van der Waals surface area contributed by atoms with Crippen LogP contribution in [-0.4, -0.2) is 20.6 Å². The van der Waals surface area contributed by atoms with Gasteiger partial charge in [-0.25, -0.2) is 0 Å². The van der Waals surface area contributed by atoms with Crippen molar-refractivity contribution in [3.63, 3.8) is 0 Å². The van der Waals surface area contributed by atoms with Crippen molar-refractivity contribution < 1.29 is 14.3 Å². The second-order valence-corrected chi connectivity index (χ2v) is 5.38. The molecule has 0 saturated carbocycles. The van der Waals surface area contributed by atoms with Crippen LogP contribution in [-0.2, 0) is 11.2 Å². The number of hydrogen-bond acceptors (Lipinski definition) is 3. The fourth-order valence-corrected chi connectivity index (χ4v) is 2.51. The quantitative estimate of drug-likeness (QED) is 0.720. The largest absolute Gasteiger partial charge is 0.481 e. The molecular weight excluding hydrogens is 300 g/mol. The smallest absolute Gasteiger partial charge is 0.307 e. The number of furan rings is 1. The van der Waals surface area contributed by atoms with E-state index >= 15 is 0 Å². The third-order valence-electron chi connectivity index (χ3n) is 3.29. The summed E-state index contributed by atoms with van der Waals surface area (Å²) in [6.07, 6.45) is 1.88. The highest BCUT2D eigenvalue weighted by atomic mass is 32.1. The number of nitrogens with zero attached hydrogens (tertiary/aromatic N) is 1. The van der Waals surface area contributed by atoms with Crippen LogP contribution >= 0.6 is 12.2 Å². The molecule has 0 aliphatic rings. The van der Waals surface area contributed by atoms with E-state index in [9.17, 15) is 4.79 Å². The van der Waals surface area contributed by atoms with Gasteiger partial charge in [-0.1, -0.05) is 12.1 Å². The first-order chi connectivity index (χ1) is 10.5. The van der Waals surface area contributed by atoms with E-state index in [1.54, 1.807) is 12.1 Å². The fraction of sp³-hybridized carbons (Fsp3) is 0.125. The zero-order chi connectivity index (χ0) is 15.7. The predicted molar refractivity (Wildman–Crippen MR) is 84.7 cm³/mol. The lowest BCUT2D eigenvalue weighted by Crippen LogP contribution is -2.00. The zero-order valence-electron chi connectivity index (χ0n) is 11.9. The van der Waals surface area contributed by atoms with Crippen LogP contribution in [0.1, 0.15) is 11.3 Å². The number of aryl methyl sites for hydroxylation is 1. The van der Waals surface area contributed by atoms with E-state index in [0.717, 1.165) is 28.5 Å². The SMILES string of the molecule is Cc1ccc(-c2cn(-c3ccc(CC(=O)O)cc3)c(=S)[nH]2)o1. The Hall–Kier alpha value is -2.60. The number of rotatable bonds is 4. The Kier molecular flexibility index (Phi) is 3.68. The molecule has 3 aromatic rings. The molecule has 0 unspecified atom stereocenters. The Balaban J connectivity index is 1.93. The number of nitrogens with one attached hydrogen (secondary N) is 1. The van der Waals surface area contributed by atoms with Gasteiger partial charge in [0.25, 0.3) is 0 Å². The van der Waals surface area contributed by atoms with Gasteiger partial charge in [-0.3, -0.25) is 9.36 Å². The molecule has 1 aromatic carbocycles. The molecule has 22 heavy (non-hydrogen) atoms. The van der Waals surface area contributed by atoms with Crippen molar-refractivity contribution in [1.82, 2.24) is 9.55 Å².